The van der Waals surface area contributed by atoms with Crippen molar-refractivity contribution in [1.82, 2.24) is 15.3 Å². The topological polar surface area (TPSA) is 89.3 Å². The summed E-state index contributed by atoms with van der Waals surface area (Å²) in [6.07, 6.45) is -0.627. The van der Waals surface area contributed by atoms with Crippen molar-refractivity contribution in [3.8, 4) is 16.3 Å². The molecule has 0 aliphatic carbocycles. The number of aryl methyl sites for hydroxylation is 1. The largest absolute Gasteiger partial charge is 0.424 e. The first kappa shape index (κ1) is 18.9. The quantitative estimate of drug-likeness (QED) is 0.450. The van der Waals surface area contributed by atoms with E-state index in [1.807, 2.05) is 31.2 Å². The van der Waals surface area contributed by atoms with Crippen molar-refractivity contribution in [2.24, 2.45) is 0 Å². The Morgan fingerprint density at radius 2 is 1.93 bits per heavy atom. The molecule has 0 saturated heterocycles. The minimum absolute atomic E-state index is 0.198. The number of ether oxygens (including phenoxy) is 1. The molecule has 9 heteroatoms. The molecule has 4 rings (SSSR count). The number of benzene rings is 2. The number of thiazole rings is 1. The number of fused-ring (bicyclic) bond motifs is 1. The lowest BCUT2D eigenvalue weighted by Crippen LogP contribution is -2.31. The second kappa shape index (κ2) is 8.27. The third-order valence-electron chi connectivity index (χ3n) is 3.96. The number of nitrogens with one attached hydrogen (secondary N) is 2. The molecule has 0 atom stereocenters. The fourth-order valence-corrected chi connectivity index (χ4v) is 3.52. The number of hydrogen-bond acceptors (Lipinski definition) is 7. The summed E-state index contributed by atoms with van der Waals surface area (Å²) in [5.41, 5.74) is 2.18. The number of carbonyl (C=O) groups is 1. The Labute approximate surface area is 169 Å². The maximum absolute atomic E-state index is 13.1. The predicted octanol–water partition coefficient (Wildman–Crippen LogP) is 4.60. The van der Waals surface area contributed by atoms with Crippen LogP contribution >= 0.6 is 11.3 Å². The Bertz CT molecular complexity index is 1110. The van der Waals surface area contributed by atoms with Crippen molar-refractivity contribution in [2.45, 2.75) is 6.92 Å². The monoisotopic (exact) mass is 412 g/mol. The zero-order chi connectivity index (χ0) is 20.2. The molecule has 0 bridgehead atoms. The Morgan fingerprint density at radius 1 is 1.14 bits per heavy atom. The number of para-hydroxylation sites is 2. The molecule has 0 unspecified atom stereocenters. The van der Waals surface area contributed by atoms with E-state index in [4.69, 9.17) is 9.15 Å². The van der Waals surface area contributed by atoms with Gasteiger partial charge in [0, 0.05) is 13.1 Å². The van der Waals surface area contributed by atoms with E-state index in [-0.39, 0.29) is 11.7 Å². The summed E-state index contributed by atoms with van der Waals surface area (Å²) < 4.78 is 24.0. The van der Waals surface area contributed by atoms with Crippen LogP contribution in [0.15, 0.2) is 52.9 Å². The number of rotatable bonds is 6. The molecule has 2 heterocycles. The number of nitrogens with zero attached hydrogens (tertiary/aromatic N) is 2. The molecule has 0 saturated carbocycles. The zero-order valence-corrected chi connectivity index (χ0v) is 16.3. The maximum Gasteiger partial charge on any atom is 0.414 e. The van der Waals surface area contributed by atoms with Gasteiger partial charge in [0.15, 0.2) is 5.58 Å². The lowest BCUT2D eigenvalue weighted by atomic mass is 10.2. The molecule has 0 spiro atoms. The van der Waals surface area contributed by atoms with Crippen LogP contribution < -0.4 is 15.4 Å². The van der Waals surface area contributed by atoms with E-state index in [2.05, 4.69) is 20.6 Å². The molecule has 2 aromatic carbocycles. The van der Waals surface area contributed by atoms with Crippen molar-refractivity contribution in [1.29, 1.82) is 0 Å². The average molecular weight is 412 g/mol. The number of halogens is 1. The summed E-state index contributed by atoms with van der Waals surface area (Å²) in [6, 6.07) is 13.8. The van der Waals surface area contributed by atoms with Gasteiger partial charge in [0.25, 0.3) is 6.01 Å². The molecule has 2 N–H and O–H groups in total. The molecule has 4 aromatic rings. The van der Waals surface area contributed by atoms with Gasteiger partial charge in [-0.1, -0.05) is 24.3 Å². The van der Waals surface area contributed by atoms with Crippen molar-refractivity contribution in [3.05, 3.63) is 59.4 Å². The van der Waals surface area contributed by atoms with Crippen molar-refractivity contribution in [3.63, 3.8) is 0 Å². The van der Waals surface area contributed by atoms with E-state index in [1.54, 1.807) is 12.1 Å². The van der Waals surface area contributed by atoms with Crippen molar-refractivity contribution < 1.29 is 18.3 Å². The fourth-order valence-electron chi connectivity index (χ4n) is 2.67. The van der Waals surface area contributed by atoms with Crippen LogP contribution in [0.25, 0.3) is 21.5 Å². The van der Waals surface area contributed by atoms with Crippen LogP contribution in [0.3, 0.4) is 0 Å². The van der Waals surface area contributed by atoms with Gasteiger partial charge in [-0.05, 0) is 36.8 Å². The molecule has 0 radical (unpaired) electrons. The standard InChI is InChI=1S/C20H17FN4O3S/c1-12-24-18(17(29-12)13-6-8-14(21)9-7-13)28-20(26)23-11-10-22-19-25-15-4-2-3-5-16(15)27-19/h2-9H,10-11H2,1H3,(H,22,25)(H,23,26). The van der Waals surface area contributed by atoms with Gasteiger partial charge in [-0.2, -0.15) is 4.98 Å². The third-order valence-corrected chi connectivity index (χ3v) is 4.96. The highest BCUT2D eigenvalue weighted by atomic mass is 32.1. The highest BCUT2D eigenvalue weighted by Gasteiger charge is 2.16. The Hall–Kier alpha value is -3.46. The highest BCUT2D eigenvalue weighted by molar-refractivity contribution is 7.15. The number of carbonyl (C=O) groups excluding carboxylic acids is 1. The molecular formula is C20H17FN4O3S. The lowest BCUT2D eigenvalue weighted by Gasteiger charge is -2.06. The first-order chi connectivity index (χ1) is 14.1. The summed E-state index contributed by atoms with van der Waals surface area (Å²) in [5.74, 6) is -0.134. The van der Waals surface area contributed by atoms with Crippen LogP contribution in [-0.2, 0) is 0 Å². The second-order valence-electron chi connectivity index (χ2n) is 6.10. The van der Waals surface area contributed by atoms with Crippen LogP contribution in [0.2, 0.25) is 0 Å². The smallest absolute Gasteiger partial charge is 0.414 e. The van der Waals surface area contributed by atoms with Crippen molar-refractivity contribution >= 4 is 34.5 Å². The SMILES string of the molecule is Cc1nc(OC(=O)NCCNc2nc3ccccc3o2)c(-c2ccc(F)cc2)s1. The summed E-state index contributed by atoms with van der Waals surface area (Å²) >= 11 is 1.37. The normalized spacial score (nSPS) is 10.8. The molecule has 2 aromatic heterocycles. The molecule has 0 aliphatic heterocycles. The van der Waals surface area contributed by atoms with Crippen LogP contribution in [0.4, 0.5) is 15.2 Å². The lowest BCUT2D eigenvalue weighted by molar-refractivity contribution is 0.199. The van der Waals surface area contributed by atoms with Gasteiger partial charge in [-0.3, -0.25) is 0 Å². The minimum Gasteiger partial charge on any atom is -0.424 e. The van der Waals surface area contributed by atoms with E-state index in [0.717, 1.165) is 16.1 Å². The third kappa shape index (κ3) is 4.52. The summed E-state index contributed by atoms with van der Waals surface area (Å²) in [7, 11) is 0. The maximum atomic E-state index is 13.1. The first-order valence-corrected chi connectivity index (χ1v) is 9.68. The van der Waals surface area contributed by atoms with E-state index in [9.17, 15) is 9.18 Å². The molecule has 7 nitrogen and oxygen atoms in total. The van der Waals surface area contributed by atoms with Crippen LogP contribution in [0.5, 0.6) is 5.88 Å². The molecule has 148 valence electrons. The highest BCUT2D eigenvalue weighted by Crippen LogP contribution is 2.35. The zero-order valence-electron chi connectivity index (χ0n) is 15.4. The van der Waals surface area contributed by atoms with Gasteiger partial charge in [0.2, 0.25) is 5.88 Å². The second-order valence-corrected chi connectivity index (χ2v) is 7.31. The molecule has 29 heavy (non-hydrogen) atoms. The predicted molar refractivity (Wildman–Crippen MR) is 109 cm³/mol. The van der Waals surface area contributed by atoms with Gasteiger partial charge >= 0.3 is 6.09 Å². The Morgan fingerprint density at radius 3 is 2.72 bits per heavy atom. The van der Waals surface area contributed by atoms with Crippen LogP contribution in [0, 0.1) is 12.7 Å². The van der Waals surface area contributed by atoms with E-state index in [0.29, 0.717) is 29.6 Å². The number of aromatic nitrogens is 2. The Balaban J connectivity index is 1.31. The molecular weight excluding hydrogens is 395 g/mol. The van der Waals surface area contributed by atoms with E-state index < -0.39 is 6.09 Å². The molecule has 1 amide bonds. The van der Waals surface area contributed by atoms with Crippen molar-refractivity contribution in [2.75, 3.05) is 18.4 Å². The minimum atomic E-state index is -0.627. The van der Waals surface area contributed by atoms with E-state index in [1.165, 1.54) is 23.5 Å². The van der Waals surface area contributed by atoms with Gasteiger partial charge < -0.3 is 19.8 Å². The number of oxazole rings is 1. The Kier molecular flexibility index (Phi) is 5.39. The van der Waals surface area contributed by atoms with Gasteiger partial charge in [0.1, 0.15) is 11.3 Å². The first-order valence-electron chi connectivity index (χ1n) is 8.87. The van der Waals surface area contributed by atoms with Crippen LogP contribution in [-0.4, -0.2) is 29.2 Å². The van der Waals surface area contributed by atoms with E-state index >= 15 is 0 Å². The summed E-state index contributed by atoms with van der Waals surface area (Å²) in [5, 5.41) is 6.39. The van der Waals surface area contributed by atoms with Gasteiger partial charge in [-0.25, -0.2) is 14.2 Å². The molecule has 0 aliphatic rings. The summed E-state index contributed by atoms with van der Waals surface area (Å²) in [6.45, 7) is 2.52. The number of anilines is 1. The fraction of sp³-hybridized carbons (Fsp3) is 0.150. The van der Waals surface area contributed by atoms with Gasteiger partial charge in [-0.15, -0.1) is 11.3 Å². The van der Waals surface area contributed by atoms with Crippen LogP contribution in [0.1, 0.15) is 5.01 Å². The summed E-state index contributed by atoms with van der Waals surface area (Å²) in [4.78, 5) is 21.3. The number of hydrogen-bond donors (Lipinski definition) is 2. The number of amides is 1. The molecule has 0 fully saturated rings. The average Bonchev–Trinajstić information content (AvgIpc) is 3.28. The van der Waals surface area contributed by atoms with Gasteiger partial charge in [0.05, 0.1) is 9.88 Å².